The Bertz CT molecular complexity index is 416. The molecule has 0 spiro atoms. The molecule has 0 aliphatic rings. The molecule has 2 heteroatoms. The molecular weight excluding hydrogens is 248 g/mol. The summed E-state index contributed by atoms with van der Waals surface area (Å²) in [5.74, 6) is 0.752. The Balaban J connectivity index is 3.37. The first-order chi connectivity index (χ1) is 9.26. The minimum atomic E-state index is -0.842. The Hall–Kier alpha value is -1.31. The lowest BCUT2D eigenvalue weighted by Gasteiger charge is -2.51. The van der Waals surface area contributed by atoms with Crippen LogP contribution < -0.4 is 4.74 Å². The lowest BCUT2D eigenvalue weighted by Crippen LogP contribution is -2.60. The normalized spacial score (nSPS) is 13.1. The fourth-order valence-corrected chi connectivity index (χ4v) is 2.74. The second-order valence-electron chi connectivity index (χ2n) is 6.74. The van der Waals surface area contributed by atoms with Gasteiger partial charge in [0, 0.05) is 10.8 Å². The Labute approximate surface area is 123 Å². The summed E-state index contributed by atoms with van der Waals surface area (Å²) < 4.78 is 6.29. The van der Waals surface area contributed by atoms with E-state index in [-0.39, 0.29) is 10.8 Å². The van der Waals surface area contributed by atoms with E-state index < -0.39 is 5.60 Å². The van der Waals surface area contributed by atoms with E-state index in [1.807, 2.05) is 30.3 Å². The first-order valence-electron chi connectivity index (χ1n) is 7.46. The minimum Gasteiger partial charge on any atom is -0.479 e. The number of para-hydroxylation sites is 1. The third kappa shape index (κ3) is 2.74. The molecule has 1 aromatic carbocycles. The molecule has 0 atom stereocenters. The van der Waals surface area contributed by atoms with Gasteiger partial charge in [0.05, 0.1) is 0 Å². The van der Waals surface area contributed by atoms with Gasteiger partial charge in [0.25, 0.3) is 0 Å². The van der Waals surface area contributed by atoms with Crippen LogP contribution >= 0.6 is 0 Å². The molecule has 0 fully saturated rings. The van der Waals surface area contributed by atoms with Crippen LogP contribution in [0.25, 0.3) is 0 Å². The number of aldehydes is 1. The van der Waals surface area contributed by atoms with E-state index in [4.69, 9.17) is 4.74 Å². The van der Waals surface area contributed by atoms with Crippen molar-refractivity contribution in [3.63, 3.8) is 0 Å². The molecule has 112 valence electrons. The average Bonchev–Trinajstić information content (AvgIpc) is 2.45. The zero-order valence-electron chi connectivity index (χ0n) is 13.7. The van der Waals surface area contributed by atoms with Gasteiger partial charge in [-0.2, -0.15) is 0 Å². The summed E-state index contributed by atoms with van der Waals surface area (Å²) in [6.45, 7) is 12.7. The van der Waals surface area contributed by atoms with Gasteiger partial charge >= 0.3 is 0 Å². The molecule has 0 saturated heterocycles. The highest BCUT2D eigenvalue weighted by Gasteiger charge is 2.56. The van der Waals surface area contributed by atoms with Crippen LogP contribution in [-0.2, 0) is 4.79 Å². The van der Waals surface area contributed by atoms with Crippen molar-refractivity contribution in [3.05, 3.63) is 30.3 Å². The highest BCUT2D eigenvalue weighted by atomic mass is 16.5. The van der Waals surface area contributed by atoms with Crippen LogP contribution in [-0.4, -0.2) is 11.9 Å². The Morgan fingerprint density at radius 3 is 1.75 bits per heavy atom. The van der Waals surface area contributed by atoms with Crippen molar-refractivity contribution < 1.29 is 9.53 Å². The van der Waals surface area contributed by atoms with E-state index in [9.17, 15) is 4.79 Å². The fraction of sp³-hybridized carbons (Fsp3) is 0.611. The first kappa shape index (κ1) is 16.7. The van der Waals surface area contributed by atoms with E-state index in [0.29, 0.717) is 0 Å². The highest BCUT2D eigenvalue weighted by Crippen LogP contribution is 2.49. The van der Waals surface area contributed by atoms with E-state index in [1.54, 1.807) is 0 Å². The molecule has 0 heterocycles. The van der Waals surface area contributed by atoms with Crippen LogP contribution in [0.3, 0.4) is 0 Å². The van der Waals surface area contributed by atoms with Crippen molar-refractivity contribution >= 4 is 6.29 Å². The van der Waals surface area contributed by atoms with Crippen LogP contribution in [0.1, 0.15) is 54.4 Å². The maximum Gasteiger partial charge on any atom is 0.174 e. The third-order valence-corrected chi connectivity index (χ3v) is 4.97. The molecule has 2 nitrogen and oxygen atoms in total. The Morgan fingerprint density at radius 2 is 1.40 bits per heavy atom. The molecular formula is C18H28O2. The number of hydrogen-bond donors (Lipinski definition) is 0. The van der Waals surface area contributed by atoms with Gasteiger partial charge in [-0.05, 0) is 25.0 Å². The Morgan fingerprint density at radius 1 is 0.950 bits per heavy atom. The quantitative estimate of drug-likeness (QED) is 0.664. The number of rotatable bonds is 7. The third-order valence-electron chi connectivity index (χ3n) is 4.97. The SMILES string of the molecule is CCC(C)(C)C(C=O)(Oc1ccccc1)C(C)(C)CC. The predicted octanol–water partition coefficient (Wildman–Crippen LogP) is 4.88. The van der Waals surface area contributed by atoms with Crippen molar-refractivity contribution in [2.24, 2.45) is 10.8 Å². The number of ether oxygens (including phenoxy) is 1. The van der Waals surface area contributed by atoms with E-state index in [1.165, 1.54) is 0 Å². The molecule has 0 bridgehead atoms. The van der Waals surface area contributed by atoms with Crippen molar-refractivity contribution in [1.82, 2.24) is 0 Å². The van der Waals surface area contributed by atoms with Crippen LogP contribution in [0.5, 0.6) is 5.75 Å². The summed E-state index contributed by atoms with van der Waals surface area (Å²) >= 11 is 0. The van der Waals surface area contributed by atoms with Gasteiger partial charge in [0.2, 0.25) is 0 Å². The molecule has 0 unspecified atom stereocenters. The van der Waals surface area contributed by atoms with Gasteiger partial charge in [-0.15, -0.1) is 0 Å². The van der Waals surface area contributed by atoms with Gasteiger partial charge in [0.1, 0.15) is 5.75 Å². The van der Waals surface area contributed by atoms with Crippen molar-refractivity contribution in [2.45, 2.75) is 60.0 Å². The number of benzene rings is 1. The van der Waals surface area contributed by atoms with E-state index in [2.05, 4.69) is 41.5 Å². The predicted molar refractivity (Wildman–Crippen MR) is 84.0 cm³/mol. The standard InChI is InChI=1S/C18H28O2/c1-7-16(3,4)18(14-19,17(5,6)8-2)20-15-12-10-9-11-13-15/h9-14H,7-8H2,1-6H3. The maximum absolute atomic E-state index is 12.1. The summed E-state index contributed by atoms with van der Waals surface area (Å²) in [6, 6.07) is 9.64. The lowest BCUT2D eigenvalue weighted by molar-refractivity contribution is -0.155. The van der Waals surface area contributed by atoms with Gasteiger partial charge in [-0.25, -0.2) is 0 Å². The summed E-state index contributed by atoms with van der Waals surface area (Å²) in [7, 11) is 0. The van der Waals surface area contributed by atoms with Crippen molar-refractivity contribution in [3.8, 4) is 5.75 Å². The zero-order valence-corrected chi connectivity index (χ0v) is 13.7. The summed E-state index contributed by atoms with van der Waals surface area (Å²) in [6.07, 6.45) is 2.77. The molecule has 1 rings (SSSR count). The molecule has 0 aromatic heterocycles. The van der Waals surface area contributed by atoms with Gasteiger partial charge < -0.3 is 4.74 Å². The highest BCUT2D eigenvalue weighted by molar-refractivity contribution is 5.67. The topological polar surface area (TPSA) is 26.3 Å². The van der Waals surface area contributed by atoms with Crippen LogP contribution in [0.15, 0.2) is 30.3 Å². The van der Waals surface area contributed by atoms with E-state index in [0.717, 1.165) is 24.9 Å². The Kier molecular flexibility index (Phi) is 5.01. The summed E-state index contributed by atoms with van der Waals surface area (Å²) in [4.78, 5) is 12.1. The zero-order chi connectivity index (χ0) is 15.4. The number of carbonyl (C=O) groups is 1. The fourth-order valence-electron chi connectivity index (χ4n) is 2.74. The molecule has 0 aliphatic carbocycles. The monoisotopic (exact) mass is 276 g/mol. The molecule has 0 saturated carbocycles. The maximum atomic E-state index is 12.1. The first-order valence-corrected chi connectivity index (χ1v) is 7.46. The molecule has 20 heavy (non-hydrogen) atoms. The van der Waals surface area contributed by atoms with Crippen molar-refractivity contribution in [1.29, 1.82) is 0 Å². The summed E-state index contributed by atoms with van der Waals surface area (Å²) in [5.41, 5.74) is -1.33. The van der Waals surface area contributed by atoms with Gasteiger partial charge in [-0.3, -0.25) is 4.79 Å². The molecule has 1 aromatic rings. The summed E-state index contributed by atoms with van der Waals surface area (Å²) in [5, 5.41) is 0. The van der Waals surface area contributed by atoms with Crippen LogP contribution in [0, 0.1) is 10.8 Å². The second kappa shape index (κ2) is 5.99. The molecule has 0 aliphatic heterocycles. The second-order valence-corrected chi connectivity index (χ2v) is 6.74. The number of carbonyl (C=O) groups excluding carboxylic acids is 1. The minimum absolute atomic E-state index is 0.246. The molecule has 0 N–H and O–H groups in total. The lowest BCUT2D eigenvalue weighted by atomic mass is 9.59. The smallest absolute Gasteiger partial charge is 0.174 e. The molecule has 0 amide bonds. The molecule has 0 radical (unpaired) electrons. The number of hydrogen-bond acceptors (Lipinski definition) is 2. The van der Waals surface area contributed by atoms with Crippen LogP contribution in [0.4, 0.5) is 0 Å². The largest absolute Gasteiger partial charge is 0.479 e. The van der Waals surface area contributed by atoms with Gasteiger partial charge in [0.15, 0.2) is 11.9 Å². The van der Waals surface area contributed by atoms with Crippen molar-refractivity contribution in [2.75, 3.05) is 0 Å². The van der Waals surface area contributed by atoms with Crippen LogP contribution in [0.2, 0.25) is 0 Å². The van der Waals surface area contributed by atoms with Gasteiger partial charge in [-0.1, -0.05) is 59.7 Å². The average molecular weight is 276 g/mol. The van der Waals surface area contributed by atoms with E-state index >= 15 is 0 Å².